The van der Waals surface area contributed by atoms with Gasteiger partial charge in [0.25, 0.3) is 0 Å². The largest absolute Gasteiger partial charge is 0.507 e. The number of benzene rings is 2. The van der Waals surface area contributed by atoms with Gasteiger partial charge in [-0.15, -0.1) is 0 Å². The molecule has 1 N–H and O–H groups in total. The van der Waals surface area contributed by atoms with Gasteiger partial charge in [0.05, 0.1) is 0 Å². The van der Waals surface area contributed by atoms with Crippen molar-refractivity contribution in [2.24, 2.45) is 4.99 Å². The third-order valence-electron chi connectivity index (χ3n) is 4.82. The van der Waals surface area contributed by atoms with Gasteiger partial charge >= 0.3 is 0 Å². The van der Waals surface area contributed by atoms with Crippen LogP contribution in [0.25, 0.3) is 0 Å². The lowest BCUT2D eigenvalue weighted by molar-refractivity contribution is 0.452. The van der Waals surface area contributed by atoms with E-state index < -0.39 is 0 Å². The number of hydrogen-bond donors (Lipinski definition) is 1. The zero-order valence-corrected chi connectivity index (χ0v) is 15.5. The molecule has 0 aliphatic carbocycles. The molecule has 2 rings (SSSR count). The van der Waals surface area contributed by atoms with Crippen molar-refractivity contribution in [3.63, 3.8) is 0 Å². The first-order valence-electron chi connectivity index (χ1n) is 8.82. The third-order valence-corrected chi connectivity index (χ3v) is 4.82. The van der Waals surface area contributed by atoms with Crippen molar-refractivity contribution in [1.82, 2.24) is 0 Å². The molecule has 0 spiro atoms. The van der Waals surface area contributed by atoms with Crippen molar-refractivity contribution >= 4 is 6.21 Å². The summed E-state index contributed by atoms with van der Waals surface area (Å²) in [5.74, 6) is 0.337. The predicted octanol–water partition coefficient (Wildman–Crippen LogP) is 5.63. The number of phenols is 1. The molecule has 128 valence electrons. The van der Waals surface area contributed by atoms with Gasteiger partial charge < -0.3 is 5.11 Å². The van der Waals surface area contributed by atoms with Gasteiger partial charge in [0, 0.05) is 28.8 Å². The fourth-order valence-corrected chi connectivity index (χ4v) is 3.08. The maximum atomic E-state index is 10.9. The quantitative estimate of drug-likeness (QED) is 0.686. The molecule has 2 nitrogen and oxygen atoms in total. The number of aryl methyl sites for hydroxylation is 1. The molecule has 24 heavy (non-hydrogen) atoms. The van der Waals surface area contributed by atoms with E-state index in [1.54, 1.807) is 0 Å². The second-order valence-electron chi connectivity index (χ2n) is 6.99. The fraction of sp³-hybridized carbons (Fsp3) is 0.409. The number of rotatable bonds is 6. The molecule has 0 amide bonds. The first-order valence-corrected chi connectivity index (χ1v) is 8.82. The van der Waals surface area contributed by atoms with E-state index in [4.69, 9.17) is 0 Å². The summed E-state index contributed by atoms with van der Waals surface area (Å²) in [5.41, 5.74) is 3.81. The van der Waals surface area contributed by atoms with Crippen LogP contribution >= 0.6 is 0 Å². The van der Waals surface area contributed by atoms with Gasteiger partial charge in [-0.3, -0.25) is 4.99 Å². The Kier molecular flexibility index (Phi) is 5.82. The highest BCUT2D eigenvalue weighted by Gasteiger charge is 2.27. The van der Waals surface area contributed by atoms with Crippen molar-refractivity contribution in [3.05, 3.63) is 64.7 Å². The Balaban J connectivity index is 2.49. The van der Waals surface area contributed by atoms with E-state index in [1.165, 1.54) is 5.56 Å². The highest BCUT2D eigenvalue weighted by Crippen LogP contribution is 2.38. The third kappa shape index (κ3) is 3.87. The molecule has 2 aromatic carbocycles. The van der Waals surface area contributed by atoms with E-state index in [9.17, 15) is 5.11 Å². The first-order chi connectivity index (χ1) is 11.4. The maximum Gasteiger partial charge on any atom is 0.128 e. The van der Waals surface area contributed by atoms with Crippen molar-refractivity contribution in [3.8, 4) is 5.75 Å². The summed E-state index contributed by atoms with van der Waals surface area (Å²) in [7, 11) is 0. The van der Waals surface area contributed by atoms with Crippen LogP contribution in [0.4, 0.5) is 0 Å². The molecule has 0 atom stereocenters. The molecule has 2 heteroatoms. The number of aromatic hydroxyl groups is 1. The molecule has 0 saturated heterocycles. The second-order valence-corrected chi connectivity index (χ2v) is 6.99. The summed E-state index contributed by atoms with van der Waals surface area (Å²) >= 11 is 0. The Hall–Kier alpha value is -2.09. The number of nitrogens with zero attached hydrogens (tertiary/aromatic N) is 1. The van der Waals surface area contributed by atoms with Gasteiger partial charge in [0.15, 0.2) is 0 Å². The van der Waals surface area contributed by atoms with Gasteiger partial charge in [-0.1, -0.05) is 64.1 Å². The van der Waals surface area contributed by atoms with Crippen LogP contribution < -0.4 is 0 Å². The minimum absolute atomic E-state index is 0.269. The summed E-state index contributed by atoms with van der Waals surface area (Å²) in [6.07, 6.45) is 3.87. The molecular formula is C22H29NO. The molecule has 0 unspecified atom stereocenters. The molecule has 0 fully saturated rings. The topological polar surface area (TPSA) is 32.6 Å². The Morgan fingerprint density at radius 3 is 2.29 bits per heavy atom. The van der Waals surface area contributed by atoms with Crippen LogP contribution in [0, 0.1) is 6.92 Å². The molecule has 0 radical (unpaired) electrons. The minimum atomic E-state index is -0.269. The molecular weight excluding hydrogens is 294 g/mol. The molecule has 0 saturated carbocycles. The van der Waals surface area contributed by atoms with Crippen molar-refractivity contribution in [2.75, 3.05) is 0 Å². The number of hydrogen-bond acceptors (Lipinski definition) is 2. The van der Waals surface area contributed by atoms with Crippen LogP contribution in [-0.4, -0.2) is 17.4 Å². The van der Waals surface area contributed by atoms with Crippen LogP contribution in [0.5, 0.6) is 5.75 Å². The monoisotopic (exact) mass is 323 g/mol. The Labute approximate surface area is 146 Å². The van der Waals surface area contributed by atoms with Crippen LogP contribution in [0.1, 0.15) is 62.8 Å². The predicted molar refractivity (Wildman–Crippen MR) is 103 cm³/mol. The maximum absolute atomic E-state index is 10.9. The molecule has 0 aliphatic heterocycles. The normalized spacial score (nSPS) is 12.2. The smallest absolute Gasteiger partial charge is 0.128 e. The summed E-state index contributed by atoms with van der Waals surface area (Å²) in [6.45, 7) is 10.7. The van der Waals surface area contributed by atoms with E-state index in [0.717, 1.165) is 29.5 Å². The van der Waals surface area contributed by atoms with E-state index in [1.807, 2.05) is 30.5 Å². The van der Waals surface area contributed by atoms with Crippen LogP contribution in [0.3, 0.4) is 0 Å². The Morgan fingerprint density at radius 2 is 1.71 bits per heavy atom. The van der Waals surface area contributed by atoms with Crippen LogP contribution in [-0.2, 0) is 5.41 Å². The average molecular weight is 323 g/mol. The summed E-state index contributed by atoms with van der Waals surface area (Å²) in [4.78, 5) is 4.64. The van der Waals surface area contributed by atoms with Crippen molar-refractivity contribution < 1.29 is 5.11 Å². The SMILES string of the molecule is CCC(CC)N=Cc1cc(C)cc(C(C)(C)c2ccccc2)c1O. The highest BCUT2D eigenvalue weighted by molar-refractivity contribution is 5.85. The van der Waals surface area contributed by atoms with Crippen LogP contribution in [0.2, 0.25) is 0 Å². The Bertz CT molecular complexity index is 697. The van der Waals surface area contributed by atoms with E-state index in [0.29, 0.717) is 11.8 Å². The van der Waals surface area contributed by atoms with Crippen molar-refractivity contribution in [2.45, 2.75) is 58.9 Å². The molecule has 2 aromatic rings. The van der Waals surface area contributed by atoms with Gasteiger partial charge in [-0.2, -0.15) is 0 Å². The van der Waals surface area contributed by atoms with Gasteiger partial charge in [0.2, 0.25) is 0 Å². The molecule has 0 aliphatic rings. The van der Waals surface area contributed by atoms with Gasteiger partial charge in [0.1, 0.15) is 5.75 Å². The Morgan fingerprint density at radius 1 is 1.08 bits per heavy atom. The molecule has 0 bridgehead atoms. The van der Waals surface area contributed by atoms with E-state index in [-0.39, 0.29) is 5.41 Å². The molecule has 0 aromatic heterocycles. The van der Waals surface area contributed by atoms with E-state index >= 15 is 0 Å². The summed E-state index contributed by atoms with van der Waals surface area (Å²) < 4.78 is 0. The second kappa shape index (κ2) is 7.65. The van der Waals surface area contributed by atoms with E-state index in [2.05, 4.69) is 57.8 Å². The zero-order chi connectivity index (χ0) is 17.7. The number of phenolic OH excluding ortho intramolecular Hbond substituents is 1. The minimum Gasteiger partial charge on any atom is -0.507 e. The van der Waals surface area contributed by atoms with Gasteiger partial charge in [-0.05, 0) is 37.0 Å². The zero-order valence-electron chi connectivity index (χ0n) is 15.5. The first kappa shape index (κ1) is 18.3. The summed E-state index contributed by atoms with van der Waals surface area (Å²) in [5, 5.41) is 10.9. The average Bonchev–Trinajstić information content (AvgIpc) is 2.59. The van der Waals surface area contributed by atoms with Crippen molar-refractivity contribution in [1.29, 1.82) is 0 Å². The fourth-order valence-electron chi connectivity index (χ4n) is 3.08. The summed E-state index contributed by atoms with van der Waals surface area (Å²) in [6, 6.07) is 14.7. The van der Waals surface area contributed by atoms with Gasteiger partial charge in [-0.25, -0.2) is 0 Å². The lowest BCUT2D eigenvalue weighted by Crippen LogP contribution is -2.19. The lowest BCUT2D eigenvalue weighted by Gasteiger charge is -2.28. The lowest BCUT2D eigenvalue weighted by atomic mass is 9.76. The number of aliphatic imine (C=N–C) groups is 1. The van der Waals surface area contributed by atoms with Crippen LogP contribution in [0.15, 0.2) is 47.5 Å². The molecule has 0 heterocycles. The highest BCUT2D eigenvalue weighted by atomic mass is 16.3. The standard InChI is InChI=1S/C22H29NO/c1-6-19(7-2)23-15-17-13-16(3)14-20(21(17)24)22(4,5)18-11-9-8-10-12-18/h8-15,19,24H,6-7H2,1-5H3.